The Balaban J connectivity index is 3.18. The van der Waals surface area contributed by atoms with Gasteiger partial charge in [0.1, 0.15) is 0 Å². The van der Waals surface area contributed by atoms with Gasteiger partial charge in [-0.05, 0) is 12.3 Å². The summed E-state index contributed by atoms with van der Waals surface area (Å²) in [7, 11) is 0. The van der Waals surface area contributed by atoms with Crippen molar-refractivity contribution in [2.24, 2.45) is 5.92 Å². The molecule has 0 aromatic rings. The first-order valence-corrected chi connectivity index (χ1v) is 4.44. The third kappa shape index (κ3) is 4.77. The van der Waals surface area contributed by atoms with Crippen molar-refractivity contribution in [3.05, 3.63) is 0 Å². The van der Waals surface area contributed by atoms with Crippen LogP contribution in [0.15, 0.2) is 0 Å². The molecule has 0 amide bonds. The molecule has 0 N–H and O–H groups in total. The second-order valence-corrected chi connectivity index (χ2v) is 2.92. The molecule has 0 aliphatic heterocycles. The highest BCUT2D eigenvalue weighted by atomic mass is 35.5. The van der Waals surface area contributed by atoms with Crippen molar-refractivity contribution < 1.29 is 0 Å². The van der Waals surface area contributed by atoms with Gasteiger partial charge < -0.3 is 0 Å². The van der Waals surface area contributed by atoms with Crippen LogP contribution in [0.5, 0.6) is 0 Å². The van der Waals surface area contributed by atoms with Gasteiger partial charge in [0.2, 0.25) is 0 Å². The minimum absolute atomic E-state index is 0.832. The van der Waals surface area contributed by atoms with Crippen LogP contribution in [0.2, 0.25) is 0 Å². The first-order chi connectivity index (χ1) is 4.35. The van der Waals surface area contributed by atoms with Crippen LogP contribution < -0.4 is 0 Å². The monoisotopic (exact) mass is 148 g/mol. The van der Waals surface area contributed by atoms with E-state index in [1.54, 1.807) is 0 Å². The molecule has 0 heterocycles. The fourth-order valence-corrected chi connectivity index (χ4v) is 1.42. The molecule has 0 saturated carbocycles. The summed E-state index contributed by atoms with van der Waals surface area (Å²) < 4.78 is 0. The predicted octanol–water partition coefficient (Wildman–Crippen LogP) is 3.44. The second kappa shape index (κ2) is 6.41. The molecule has 0 saturated heterocycles. The van der Waals surface area contributed by atoms with E-state index in [9.17, 15) is 0 Å². The highest BCUT2D eigenvalue weighted by Crippen LogP contribution is 2.14. The standard InChI is InChI=1S/C8H17Cl/c1-3-5-8(4-2)6-7-9/h8H,3-7H2,1-2H3. The summed E-state index contributed by atoms with van der Waals surface area (Å²) in [6, 6.07) is 0. The van der Waals surface area contributed by atoms with Gasteiger partial charge in [-0.2, -0.15) is 0 Å². The van der Waals surface area contributed by atoms with Crippen molar-refractivity contribution in [2.75, 3.05) is 5.88 Å². The number of hydrogen-bond acceptors (Lipinski definition) is 0. The molecule has 1 atom stereocenters. The van der Waals surface area contributed by atoms with Gasteiger partial charge in [0.25, 0.3) is 0 Å². The fourth-order valence-electron chi connectivity index (χ4n) is 1.12. The summed E-state index contributed by atoms with van der Waals surface area (Å²) in [5.41, 5.74) is 0. The summed E-state index contributed by atoms with van der Waals surface area (Å²) >= 11 is 5.61. The van der Waals surface area contributed by atoms with E-state index in [0.717, 1.165) is 11.8 Å². The molecule has 9 heavy (non-hydrogen) atoms. The largest absolute Gasteiger partial charge is 0.127 e. The molecule has 0 fully saturated rings. The Morgan fingerprint density at radius 2 is 1.89 bits per heavy atom. The normalized spacial score (nSPS) is 13.7. The summed E-state index contributed by atoms with van der Waals surface area (Å²) in [6.07, 6.45) is 5.14. The Bertz CT molecular complexity index is 46.5. The Labute approximate surface area is 63.6 Å². The van der Waals surface area contributed by atoms with Crippen molar-refractivity contribution in [3.63, 3.8) is 0 Å². The maximum absolute atomic E-state index is 5.61. The zero-order chi connectivity index (χ0) is 7.11. The first kappa shape index (κ1) is 9.29. The van der Waals surface area contributed by atoms with E-state index in [1.807, 2.05) is 0 Å². The Hall–Kier alpha value is 0.290. The maximum Gasteiger partial charge on any atom is 0.0226 e. The molecule has 0 aliphatic rings. The lowest BCUT2D eigenvalue weighted by atomic mass is 9.98. The number of halogens is 1. The van der Waals surface area contributed by atoms with Crippen LogP contribution >= 0.6 is 11.6 Å². The van der Waals surface area contributed by atoms with Crippen LogP contribution in [-0.4, -0.2) is 5.88 Å². The lowest BCUT2D eigenvalue weighted by molar-refractivity contribution is 0.453. The van der Waals surface area contributed by atoms with E-state index in [2.05, 4.69) is 13.8 Å². The topological polar surface area (TPSA) is 0 Å². The third-order valence-electron chi connectivity index (χ3n) is 1.79. The van der Waals surface area contributed by atoms with E-state index in [4.69, 9.17) is 11.6 Å². The van der Waals surface area contributed by atoms with Crippen LogP contribution in [0.1, 0.15) is 39.5 Å². The molecule has 56 valence electrons. The van der Waals surface area contributed by atoms with Gasteiger partial charge >= 0.3 is 0 Å². The number of hydrogen-bond donors (Lipinski definition) is 0. The summed E-state index contributed by atoms with van der Waals surface area (Å²) in [5, 5.41) is 0. The minimum Gasteiger partial charge on any atom is -0.127 e. The first-order valence-electron chi connectivity index (χ1n) is 3.91. The smallest absolute Gasteiger partial charge is 0.0226 e. The lowest BCUT2D eigenvalue weighted by Crippen LogP contribution is -1.98. The summed E-state index contributed by atoms with van der Waals surface area (Å²) in [6.45, 7) is 4.48. The van der Waals surface area contributed by atoms with Gasteiger partial charge in [-0.25, -0.2) is 0 Å². The molecular weight excluding hydrogens is 132 g/mol. The second-order valence-electron chi connectivity index (χ2n) is 2.54. The van der Waals surface area contributed by atoms with Gasteiger partial charge in [-0.3, -0.25) is 0 Å². The SMILES string of the molecule is CCCC(CC)CCCl. The van der Waals surface area contributed by atoms with Crippen LogP contribution in [0.25, 0.3) is 0 Å². The number of rotatable bonds is 5. The molecule has 0 bridgehead atoms. The highest BCUT2D eigenvalue weighted by Gasteiger charge is 2.01. The third-order valence-corrected chi connectivity index (χ3v) is 2.01. The van der Waals surface area contributed by atoms with E-state index in [0.29, 0.717) is 0 Å². The molecule has 0 nitrogen and oxygen atoms in total. The Kier molecular flexibility index (Phi) is 6.62. The quantitative estimate of drug-likeness (QED) is 0.524. The van der Waals surface area contributed by atoms with Crippen LogP contribution in [-0.2, 0) is 0 Å². The Morgan fingerprint density at radius 3 is 2.22 bits per heavy atom. The minimum atomic E-state index is 0.832. The molecular formula is C8H17Cl. The van der Waals surface area contributed by atoms with E-state index in [1.165, 1.54) is 25.7 Å². The van der Waals surface area contributed by atoms with Gasteiger partial charge in [0.05, 0.1) is 0 Å². The van der Waals surface area contributed by atoms with Gasteiger partial charge in [0.15, 0.2) is 0 Å². The maximum atomic E-state index is 5.61. The zero-order valence-electron chi connectivity index (χ0n) is 6.49. The summed E-state index contributed by atoms with van der Waals surface area (Å²) in [4.78, 5) is 0. The Morgan fingerprint density at radius 1 is 1.22 bits per heavy atom. The highest BCUT2D eigenvalue weighted by molar-refractivity contribution is 6.17. The predicted molar refractivity (Wildman–Crippen MR) is 44.0 cm³/mol. The van der Waals surface area contributed by atoms with Crippen LogP contribution in [0.3, 0.4) is 0 Å². The van der Waals surface area contributed by atoms with E-state index >= 15 is 0 Å². The van der Waals surface area contributed by atoms with Crippen molar-refractivity contribution in [1.29, 1.82) is 0 Å². The van der Waals surface area contributed by atoms with E-state index in [-0.39, 0.29) is 0 Å². The van der Waals surface area contributed by atoms with Crippen molar-refractivity contribution in [3.8, 4) is 0 Å². The fraction of sp³-hybridized carbons (Fsp3) is 1.00. The van der Waals surface area contributed by atoms with Gasteiger partial charge in [-0.1, -0.05) is 33.1 Å². The van der Waals surface area contributed by atoms with Gasteiger partial charge in [0, 0.05) is 5.88 Å². The average molecular weight is 149 g/mol. The van der Waals surface area contributed by atoms with Crippen LogP contribution in [0.4, 0.5) is 0 Å². The molecule has 0 rings (SSSR count). The summed E-state index contributed by atoms with van der Waals surface area (Å²) in [5.74, 6) is 1.71. The van der Waals surface area contributed by atoms with Crippen molar-refractivity contribution in [2.45, 2.75) is 39.5 Å². The average Bonchev–Trinajstić information content (AvgIpc) is 1.88. The van der Waals surface area contributed by atoms with Crippen molar-refractivity contribution in [1.82, 2.24) is 0 Å². The molecule has 0 spiro atoms. The molecule has 1 unspecified atom stereocenters. The zero-order valence-corrected chi connectivity index (χ0v) is 7.25. The van der Waals surface area contributed by atoms with Crippen molar-refractivity contribution >= 4 is 11.6 Å². The lowest BCUT2D eigenvalue weighted by Gasteiger charge is -2.09. The molecule has 0 aromatic carbocycles. The molecule has 1 heteroatoms. The van der Waals surface area contributed by atoms with E-state index < -0.39 is 0 Å². The molecule has 0 aromatic heterocycles. The van der Waals surface area contributed by atoms with Gasteiger partial charge in [-0.15, -0.1) is 11.6 Å². The van der Waals surface area contributed by atoms with Crippen LogP contribution in [0, 0.1) is 5.92 Å². The molecule has 0 aliphatic carbocycles. The number of alkyl halides is 1. The molecule has 0 radical (unpaired) electrons.